The SMILES string of the molecule is COCc1cccc(NC(=O)N2CCc3ccc(O)cc3C2)c1. The van der Waals surface area contributed by atoms with Gasteiger partial charge in [0.25, 0.3) is 0 Å². The van der Waals surface area contributed by atoms with Crippen LogP contribution in [-0.2, 0) is 24.3 Å². The van der Waals surface area contributed by atoms with Crippen molar-refractivity contribution in [1.29, 1.82) is 0 Å². The number of fused-ring (bicyclic) bond motifs is 1. The number of carbonyl (C=O) groups excluding carboxylic acids is 1. The van der Waals surface area contributed by atoms with E-state index < -0.39 is 0 Å². The maximum atomic E-state index is 12.5. The summed E-state index contributed by atoms with van der Waals surface area (Å²) < 4.78 is 5.11. The van der Waals surface area contributed by atoms with Crippen LogP contribution in [0.2, 0.25) is 0 Å². The van der Waals surface area contributed by atoms with Crippen LogP contribution < -0.4 is 5.32 Å². The number of hydrogen-bond donors (Lipinski definition) is 2. The maximum Gasteiger partial charge on any atom is 0.322 e. The number of benzene rings is 2. The number of hydrogen-bond acceptors (Lipinski definition) is 3. The average Bonchev–Trinajstić information content (AvgIpc) is 2.54. The molecule has 0 saturated carbocycles. The summed E-state index contributed by atoms with van der Waals surface area (Å²) in [4.78, 5) is 14.2. The van der Waals surface area contributed by atoms with Crippen LogP contribution in [-0.4, -0.2) is 29.7 Å². The van der Waals surface area contributed by atoms with Gasteiger partial charge in [-0.25, -0.2) is 4.79 Å². The Hall–Kier alpha value is -2.53. The molecule has 0 fully saturated rings. The van der Waals surface area contributed by atoms with Crippen LogP contribution in [0.5, 0.6) is 5.75 Å². The van der Waals surface area contributed by atoms with Gasteiger partial charge < -0.3 is 20.1 Å². The van der Waals surface area contributed by atoms with Gasteiger partial charge in [-0.05, 0) is 47.4 Å². The fourth-order valence-electron chi connectivity index (χ4n) is 2.82. The minimum atomic E-state index is -0.131. The number of methoxy groups -OCH3 is 1. The van der Waals surface area contributed by atoms with Gasteiger partial charge in [-0.2, -0.15) is 0 Å². The van der Waals surface area contributed by atoms with Crippen LogP contribution in [0.15, 0.2) is 42.5 Å². The van der Waals surface area contributed by atoms with Gasteiger partial charge in [0.2, 0.25) is 0 Å². The molecule has 0 unspecified atom stereocenters. The number of aromatic hydroxyl groups is 1. The zero-order valence-electron chi connectivity index (χ0n) is 13.1. The highest BCUT2D eigenvalue weighted by Gasteiger charge is 2.21. The molecule has 2 amide bonds. The van der Waals surface area contributed by atoms with Gasteiger partial charge >= 0.3 is 6.03 Å². The number of nitrogens with one attached hydrogen (secondary N) is 1. The molecule has 0 aromatic heterocycles. The third-order valence-corrected chi connectivity index (χ3v) is 3.98. The number of urea groups is 1. The predicted molar refractivity (Wildman–Crippen MR) is 88.4 cm³/mol. The third-order valence-electron chi connectivity index (χ3n) is 3.98. The minimum absolute atomic E-state index is 0.131. The summed E-state index contributed by atoms with van der Waals surface area (Å²) >= 11 is 0. The number of rotatable bonds is 3. The van der Waals surface area contributed by atoms with E-state index in [0.717, 1.165) is 23.2 Å². The molecule has 1 aliphatic heterocycles. The van der Waals surface area contributed by atoms with Crippen LogP contribution in [0.4, 0.5) is 10.5 Å². The van der Waals surface area contributed by atoms with E-state index in [4.69, 9.17) is 4.74 Å². The highest BCUT2D eigenvalue weighted by atomic mass is 16.5. The van der Waals surface area contributed by atoms with Crippen molar-refractivity contribution in [2.24, 2.45) is 0 Å². The topological polar surface area (TPSA) is 61.8 Å². The Morgan fingerprint density at radius 1 is 1.26 bits per heavy atom. The molecular formula is C18H20N2O3. The second kappa shape index (κ2) is 6.71. The fourth-order valence-corrected chi connectivity index (χ4v) is 2.82. The molecule has 23 heavy (non-hydrogen) atoms. The van der Waals surface area contributed by atoms with Crippen LogP contribution in [0.25, 0.3) is 0 Å². The number of phenols is 1. The summed E-state index contributed by atoms with van der Waals surface area (Å²) in [5.74, 6) is 0.235. The molecule has 0 bridgehead atoms. The highest BCUT2D eigenvalue weighted by molar-refractivity contribution is 5.89. The van der Waals surface area contributed by atoms with E-state index in [-0.39, 0.29) is 11.8 Å². The van der Waals surface area contributed by atoms with E-state index in [1.54, 1.807) is 24.1 Å². The lowest BCUT2D eigenvalue weighted by Crippen LogP contribution is -2.38. The first-order valence-corrected chi connectivity index (χ1v) is 7.60. The van der Waals surface area contributed by atoms with E-state index in [1.807, 2.05) is 30.3 Å². The van der Waals surface area contributed by atoms with E-state index in [9.17, 15) is 9.90 Å². The van der Waals surface area contributed by atoms with Crippen LogP contribution >= 0.6 is 0 Å². The molecule has 0 saturated heterocycles. The number of nitrogens with zero attached hydrogens (tertiary/aromatic N) is 1. The molecule has 2 aromatic rings. The lowest BCUT2D eigenvalue weighted by molar-refractivity contribution is 0.185. The Balaban J connectivity index is 1.68. The quantitative estimate of drug-likeness (QED) is 0.915. The van der Waals surface area contributed by atoms with Crippen molar-refractivity contribution in [2.75, 3.05) is 19.0 Å². The molecule has 0 aliphatic carbocycles. The third kappa shape index (κ3) is 3.63. The summed E-state index contributed by atoms with van der Waals surface area (Å²) in [6.45, 7) is 1.69. The van der Waals surface area contributed by atoms with Gasteiger partial charge in [0, 0.05) is 25.9 Å². The van der Waals surface area contributed by atoms with Crippen molar-refractivity contribution < 1.29 is 14.6 Å². The van der Waals surface area contributed by atoms with E-state index in [0.29, 0.717) is 19.7 Å². The molecule has 1 heterocycles. The van der Waals surface area contributed by atoms with E-state index in [1.165, 1.54) is 5.56 Å². The summed E-state index contributed by atoms with van der Waals surface area (Å²) in [7, 11) is 1.64. The Bertz CT molecular complexity index is 715. The van der Waals surface area contributed by atoms with Crippen molar-refractivity contribution in [3.8, 4) is 5.75 Å². The molecule has 0 radical (unpaired) electrons. The molecule has 5 nitrogen and oxygen atoms in total. The molecule has 5 heteroatoms. The van der Waals surface area contributed by atoms with Gasteiger partial charge in [0.15, 0.2) is 0 Å². The van der Waals surface area contributed by atoms with Gasteiger partial charge in [0.1, 0.15) is 5.75 Å². The van der Waals surface area contributed by atoms with E-state index >= 15 is 0 Å². The molecule has 3 rings (SSSR count). The second-order valence-corrected chi connectivity index (χ2v) is 5.69. The number of ether oxygens (including phenoxy) is 1. The first-order valence-electron chi connectivity index (χ1n) is 7.60. The lowest BCUT2D eigenvalue weighted by Gasteiger charge is -2.29. The van der Waals surface area contributed by atoms with Crippen LogP contribution in [0.1, 0.15) is 16.7 Å². The van der Waals surface area contributed by atoms with Crippen molar-refractivity contribution in [2.45, 2.75) is 19.6 Å². The first-order chi connectivity index (χ1) is 11.2. The minimum Gasteiger partial charge on any atom is -0.508 e. The van der Waals surface area contributed by atoms with Gasteiger partial charge in [-0.3, -0.25) is 0 Å². The van der Waals surface area contributed by atoms with E-state index in [2.05, 4.69) is 5.32 Å². The Morgan fingerprint density at radius 3 is 2.96 bits per heavy atom. The van der Waals surface area contributed by atoms with Crippen molar-refractivity contribution >= 4 is 11.7 Å². The lowest BCUT2D eigenvalue weighted by atomic mass is 10.00. The fraction of sp³-hybridized carbons (Fsp3) is 0.278. The predicted octanol–water partition coefficient (Wildman–Crippen LogP) is 3.13. The smallest absolute Gasteiger partial charge is 0.322 e. The first kappa shape index (κ1) is 15.4. The maximum absolute atomic E-state index is 12.5. The van der Waals surface area contributed by atoms with Crippen LogP contribution in [0, 0.1) is 0 Å². The number of phenolic OH excluding ortho intramolecular Hbond substituents is 1. The molecular weight excluding hydrogens is 292 g/mol. The average molecular weight is 312 g/mol. The number of carbonyl (C=O) groups is 1. The Kier molecular flexibility index (Phi) is 4.48. The Labute approximate surface area is 135 Å². The van der Waals surface area contributed by atoms with Gasteiger partial charge in [-0.1, -0.05) is 18.2 Å². The van der Waals surface area contributed by atoms with Crippen molar-refractivity contribution in [3.63, 3.8) is 0 Å². The molecule has 2 aromatic carbocycles. The van der Waals surface area contributed by atoms with Gasteiger partial charge in [-0.15, -0.1) is 0 Å². The van der Waals surface area contributed by atoms with Crippen molar-refractivity contribution in [3.05, 3.63) is 59.2 Å². The largest absolute Gasteiger partial charge is 0.508 e. The monoisotopic (exact) mass is 312 g/mol. The standard InChI is InChI=1S/C18H20N2O3/c1-23-12-13-3-2-4-16(9-13)19-18(22)20-8-7-14-5-6-17(21)10-15(14)11-20/h2-6,9-10,21H,7-8,11-12H2,1H3,(H,19,22). The molecule has 120 valence electrons. The summed E-state index contributed by atoms with van der Waals surface area (Å²) in [6, 6.07) is 12.8. The molecule has 0 atom stereocenters. The zero-order valence-corrected chi connectivity index (χ0v) is 13.1. The Morgan fingerprint density at radius 2 is 2.13 bits per heavy atom. The number of amides is 2. The summed E-state index contributed by atoms with van der Waals surface area (Å²) in [6.07, 6.45) is 0.798. The van der Waals surface area contributed by atoms with Gasteiger partial charge in [0.05, 0.1) is 6.61 Å². The molecule has 1 aliphatic rings. The summed E-state index contributed by atoms with van der Waals surface area (Å²) in [5.41, 5.74) is 3.96. The van der Waals surface area contributed by atoms with Crippen molar-refractivity contribution in [1.82, 2.24) is 4.90 Å². The zero-order chi connectivity index (χ0) is 16.2. The second-order valence-electron chi connectivity index (χ2n) is 5.69. The summed E-state index contributed by atoms with van der Waals surface area (Å²) in [5, 5.41) is 12.5. The van der Waals surface area contributed by atoms with Crippen LogP contribution in [0.3, 0.4) is 0 Å². The molecule has 0 spiro atoms. The number of anilines is 1. The normalized spacial score (nSPS) is 13.5. The molecule has 2 N–H and O–H groups in total. The highest BCUT2D eigenvalue weighted by Crippen LogP contribution is 2.23.